The van der Waals surface area contributed by atoms with E-state index in [0.29, 0.717) is 30.2 Å². The zero-order valence-corrected chi connectivity index (χ0v) is 17.7. The van der Waals surface area contributed by atoms with E-state index in [2.05, 4.69) is 21.2 Å². The fourth-order valence-electron chi connectivity index (χ4n) is 3.21. The lowest BCUT2D eigenvalue weighted by Gasteiger charge is -2.33. The molecule has 5 nitrogen and oxygen atoms in total. The second-order valence-electron chi connectivity index (χ2n) is 7.31. The molecule has 6 heteroatoms. The van der Waals surface area contributed by atoms with Crippen LogP contribution in [-0.2, 0) is 4.79 Å². The molecule has 1 saturated heterocycles. The number of nitrogens with one attached hydrogen (secondary N) is 1. The van der Waals surface area contributed by atoms with Crippen LogP contribution in [0.3, 0.4) is 0 Å². The van der Waals surface area contributed by atoms with Crippen molar-refractivity contribution in [1.82, 2.24) is 10.2 Å². The number of halogens is 1. The van der Waals surface area contributed by atoms with Crippen molar-refractivity contribution in [3.63, 3.8) is 0 Å². The maximum atomic E-state index is 13.2. The third-order valence-corrected chi connectivity index (χ3v) is 5.21. The van der Waals surface area contributed by atoms with Crippen molar-refractivity contribution < 1.29 is 14.3 Å². The summed E-state index contributed by atoms with van der Waals surface area (Å²) < 4.78 is 6.89. The summed E-state index contributed by atoms with van der Waals surface area (Å²) in [6.07, 6.45) is 1.75. The molecule has 28 heavy (non-hydrogen) atoms. The molecule has 1 atom stereocenters. The van der Waals surface area contributed by atoms with Crippen molar-refractivity contribution in [2.75, 3.05) is 13.1 Å². The summed E-state index contributed by atoms with van der Waals surface area (Å²) in [7, 11) is 0. The molecule has 0 radical (unpaired) electrons. The Morgan fingerprint density at radius 1 is 1.18 bits per heavy atom. The van der Waals surface area contributed by atoms with Crippen LogP contribution in [0, 0.1) is 5.92 Å². The number of benzene rings is 2. The number of hydrogen-bond donors (Lipinski definition) is 1. The predicted molar refractivity (Wildman–Crippen MR) is 113 cm³/mol. The fourth-order valence-corrected chi connectivity index (χ4v) is 3.59. The van der Waals surface area contributed by atoms with Crippen LogP contribution in [0.5, 0.6) is 11.5 Å². The first-order valence-electron chi connectivity index (χ1n) is 9.56. The van der Waals surface area contributed by atoms with Gasteiger partial charge in [-0.15, -0.1) is 0 Å². The zero-order valence-electron chi connectivity index (χ0n) is 16.2. The number of piperidine rings is 1. The molecule has 2 aromatic rings. The molecular weight excluding hydrogens is 420 g/mol. The molecule has 2 aromatic carbocycles. The van der Waals surface area contributed by atoms with Gasteiger partial charge in [-0.1, -0.05) is 48.0 Å². The molecule has 0 aromatic heterocycles. The lowest BCUT2D eigenvalue weighted by molar-refractivity contribution is -0.125. The normalized spacial score (nSPS) is 16.7. The second kappa shape index (κ2) is 9.24. The number of para-hydroxylation sites is 1. The minimum absolute atomic E-state index is 0.00856. The van der Waals surface area contributed by atoms with Gasteiger partial charge in [-0.25, -0.2) is 0 Å². The Bertz CT molecular complexity index is 853. The smallest absolute Gasteiger partial charge is 0.257 e. The summed E-state index contributed by atoms with van der Waals surface area (Å²) in [6, 6.07) is 14.8. The van der Waals surface area contributed by atoms with Crippen molar-refractivity contribution >= 4 is 27.7 Å². The highest BCUT2D eigenvalue weighted by Gasteiger charge is 2.27. The maximum absolute atomic E-state index is 13.2. The van der Waals surface area contributed by atoms with E-state index in [1.54, 1.807) is 17.0 Å². The van der Waals surface area contributed by atoms with E-state index >= 15 is 0 Å². The largest absolute Gasteiger partial charge is 0.456 e. The van der Waals surface area contributed by atoms with E-state index in [9.17, 15) is 9.59 Å². The van der Waals surface area contributed by atoms with Crippen molar-refractivity contribution in [2.45, 2.75) is 32.7 Å². The number of carbonyl (C=O) groups is 2. The molecule has 1 aliphatic heterocycles. The van der Waals surface area contributed by atoms with Gasteiger partial charge in [0, 0.05) is 29.5 Å². The highest BCUT2D eigenvalue weighted by atomic mass is 79.9. The Labute approximate surface area is 174 Å². The quantitative estimate of drug-likeness (QED) is 0.731. The molecule has 1 aliphatic rings. The van der Waals surface area contributed by atoms with E-state index in [1.807, 2.05) is 50.2 Å². The van der Waals surface area contributed by atoms with Crippen LogP contribution in [0.2, 0.25) is 0 Å². The van der Waals surface area contributed by atoms with Gasteiger partial charge in [0.2, 0.25) is 5.91 Å². The van der Waals surface area contributed by atoms with E-state index < -0.39 is 0 Å². The van der Waals surface area contributed by atoms with Crippen LogP contribution < -0.4 is 10.1 Å². The molecule has 148 valence electrons. The topological polar surface area (TPSA) is 58.6 Å². The Balaban J connectivity index is 1.74. The lowest BCUT2D eigenvalue weighted by Crippen LogP contribution is -2.50. The number of carbonyl (C=O) groups excluding carboxylic acids is 2. The highest BCUT2D eigenvalue weighted by Crippen LogP contribution is 2.28. The third-order valence-electron chi connectivity index (χ3n) is 4.72. The van der Waals surface area contributed by atoms with Gasteiger partial charge >= 0.3 is 0 Å². The van der Waals surface area contributed by atoms with Gasteiger partial charge < -0.3 is 15.0 Å². The van der Waals surface area contributed by atoms with Gasteiger partial charge in [-0.3, -0.25) is 9.59 Å². The van der Waals surface area contributed by atoms with Gasteiger partial charge in [0.05, 0.1) is 5.56 Å². The Kier molecular flexibility index (Phi) is 6.73. The monoisotopic (exact) mass is 444 g/mol. The van der Waals surface area contributed by atoms with Gasteiger partial charge in [0.15, 0.2) is 0 Å². The SMILES string of the molecule is CC(C)C(=O)NC1CCCN(C(=O)c2ccccc2Oc2cccc(Br)c2)C1. The Morgan fingerprint density at radius 3 is 2.71 bits per heavy atom. The molecule has 1 N–H and O–H groups in total. The summed E-state index contributed by atoms with van der Waals surface area (Å²) in [5.41, 5.74) is 0.526. The van der Waals surface area contributed by atoms with Crippen LogP contribution in [-0.4, -0.2) is 35.8 Å². The molecule has 0 spiro atoms. The lowest BCUT2D eigenvalue weighted by atomic mass is 10.0. The average molecular weight is 445 g/mol. The van der Waals surface area contributed by atoms with E-state index in [1.165, 1.54) is 0 Å². The predicted octanol–water partition coefficient (Wildman–Crippen LogP) is 4.62. The molecule has 0 saturated carbocycles. The minimum Gasteiger partial charge on any atom is -0.456 e. The summed E-state index contributed by atoms with van der Waals surface area (Å²) >= 11 is 3.43. The summed E-state index contributed by atoms with van der Waals surface area (Å²) in [5.74, 6) is 1.08. The Morgan fingerprint density at radius 2 is 1.96 bits per heavy atom. The van der Waals surface area contributed by atoms with Crippen LogP contribution in [0.4, 0.5) is 0 Å². The fraction of sp³-hybridized carbons (Fsp3) is 0.364. The molecule has 2 amide bonds. The molecule has 0 aliphatic carbocycles. The molecule has 1 heterocycles. The van der Waals surface area contributed by atoms with E-state index in [4.69, 9.17) is 4.74 Å². The van der Waals surface area contributed by atoms with E-state index in [0.717, 1.165) is 17.3 Å². The van der Waals surface area contributed by atoms with Crippen LogP contribution >= 0.6 is 15.9 Å². The number of nitrogens with zero attached hydrogens (tertiary/aromatic N) is 1. The number of ether oxygens (including phenoxy) is 1. The first kappa shape index (κ1) is 20.4. The zero-order chi connectivity index (χ0) is 20.1. The number of hydrogen-bond acceptors (Lipinski definition) is 3. The van der Waals surface area contributed by atoms with Crippen LogP contribution in [0.15, 0.2) is 53.0 Å². The summed E-state index contributed by atoms with van der Waals surface area (Å²) in [5, 5.41) is 3.05. The average Bonchev–Trinajstić information content (AvgIpc) is 2.68. The van der Waals surface area contributed by atoms with E-state index in [-0.39, 0.29) is 23.8 Å². The molecule has 1 fully saturated rings. The van der Waals surface area contributed by atoms with Crippen molar-refractivity contribution in [2.24, 2.45) is 5.92 Å². The van der Waals surface area contributed by atoms with Gasteiger partial charge in [-0.05, 0) is 43.2 Å². The van der Waals surface area contributed by atoms with Crippen molar-refractivity contribution in [1.29, 1.82) is 0 Å². The highest BCUT2D eigenvalue weighted by molar-refractivity contribution is 9.10. The summed E-state index contributed by atoms with van der Waals surface area (Å²) in [6.45, 7) is 4.94. The Hall–Kier alpha value is -2.34. The van der Waals surface area contributed by atoms with Gasteiger partial charge in [0.1, 0.15) is 11.5 Å². The van der Waals surface area contributed by atoms with Crippen LogP contribution in [0.1, 0.15) is 37.0 Å². The maximum Gasteiger partial charge on any atom is 0.257 e. The molecular formula is C22H25BrN2O3. The minimum atomic E-state index is -0.0749. The van der Waals surface area contributed by atoms with Crippen molar-refractivity contribution in [3.05, 3.63) is 58.6 Å². The van der Waals surface area contributed by atoms with Gasteiger partial charge in [0.25, 0.3) is 5.91 Å². The number of amides is 2. The number of rotatable bonds is 5. The molecule has 3 rings (SSSR count). The van der Waals surface area contributed by atoms with Crippen LogP contribution in [0.25, 0.3) is 0 Å². The van der Waals surface area contributed by atoms with Gasteiger partial charge in [-0.2, -0.15) is 0 Å². The molecule has 0 bridgehead atoms. The number of likely N-dealkylation sites (tertiary alicyclic amines) is 1. The third kappa shape index (κ3) is 5.13. The second-order valence-corrected chi connectivity index (χ2v) is 8.22. The van der Waals surface area contributed by atoms with Crippen molar-refractivity contribution in [3.8, 4) is 11.5 Å². The first-order valence-corrected chi connectivity index (χ1v) is 10.4. The summed E-state index contributed by atoms with van der Waals surface area (Å²) in [4.78, 5) is 27.0. The first-order chi connectivity index (χ1) is 13.4. The standard InChI is InChI=1S/C22H25BrN2O3/c1-15(2)21(26)24-17-8-6-12-25(14-17)22(27)19-10-3-4-11-20(19)28-18-9-5-7-16(23)13-18/h3-5,7,9-11,13,15,17H,6,8,12,14H2,1-2H3,(H,24,26). The molecule has 1 unspecified atom stereocenters.